The van der Waals surface area contributed by atoms with Gasteiger partial charge in [-0.1, -0.05) is 127 Å². The van der Waals surface area contributed by atoms with Crippen molar-refractivity contribution in [1.29, 1.82) is 5.26 Å². The van der Waals surface area contributed by atoms with Gasteiger partial charge in [-0.15, -0.1) is 0 Å². The number of carbonyl (C=O) groups is 4. The number of anilines is 1. The number of nitrogens with zero attached hydrogens (tertiary/aromatic N) is 5. The fraction of sp³-hybridized carbons (Fsp3) is 0.304. The molecular weight excluding hydrogens is 1380 g/mol. The lowest BCUT2D eigenvalue weighted by Crippen LogP contribution is -2.38. The number of hydrogen-bond acceptors (Lipinski definition) is 21. The molecule has 3 unspecified atom stereocenters. The molecule has 7 atom stereocenters. The van der Waals surface area contributed by atoms with Crippen molar-refractivity contribution in [3.63, 3.8) is 0 Å². The van der Waals surface area contributed by atoms with E-state index in [1.165, 1.54) is 32.5 Å². The van der Waals surface area contributed by atoms with Crippen molar-refractivity contribution in [2.45, 2.75) is 93.8 Å². The maximum Gasteiger partial charge on any atom is 0.513 e. The number of hydrogen-bond donors (Lipinski definition) is 3. The fourth-order valence-electron chi connectivity index (χ4n) is 12.9. The number of ketones is 1. The van der Waals surface area contributed by atoms with Crippen molar-refractivity contribution in [2.24, 2.45) is 0 Å². The van der Waals surface area contributed by atoms with Crippen molar-refractivity contribution in [2.75, 3.05) is 66.2 Å². The molecule has 12 rings (SSSR count). The maximum absolute atomic E-state index is 13.6. The number of benzene rings is 7. The molecule has 3 N–H and O–H groups in total. The maximum atomic E-state index is 13.6. The predicted molar refractivity (Wildman–Crippen MR) is 387 cm³/mol. The number of H-pyrrole nitrogens is 1. The second-order valence-electron chi connectivity index (χ2n) is 25.4. The first kappa shape index (κ1) is 74.7. The number of aliphatic hydroxyl groups excluding tert-OH is 1. The summed E-state index contributed by atoms with van der Waals surface area (Å²) in [5.74, 6) is 0.726. The van der Waals surface area contributed by atoms with Crippen LogP contribution in [0.2, 0.25) is 0 Å². The molecule has 106 heavy (non-hydrogen) atoms. The van der Waals surface area contributed by atoms with Crippen LogP contribution in [-0.2, 0) is 60.5 Å². The van der Waals surface area contributed by atoms with Crippen molar-refractivity contribution < 1.29 is 75.8 Å². The van der Waals surface area contributed by atoms with Gasteiger partial charge in [-0.05, 0) is 118 Å². The van der Waals surface area contributed by atoms with Crippen LogP contribution in [0.4, 0.5) is 15.4 Å². The van der Waals surface area contributed by atoms with Crippen LogP contribution in [0.5, 0.6) is 17.2 Å². The number of methoxy groups -OCH3 is 2. The minimum Gasteiger partial charge on any atom is -0.497 e. The number of carbonyl (C=O) groups excluding carboxylic acids is 4. The summed E-state index contributed by atoms with van der Waals surface area (Å²) in [4.78, 5) is 99.2. The monoisotopic (exact) mass is 1460 g/mol. The molecule has 2 saturated heterocycles. The topological polar surface area (TPSA) is 319 Å². The van der Waals surface area contributed by atoms with E-state index < -0.39 is 86.2 Å². The van der Waals surface area contributed by atoms with E-state index >= 15 is 0 Å². The number of aromatic nitrogens is 4. The number of aromatic amines is 1. The number of nitrogens with one attached hydrogen (secondary N) is 2. The minimum atomic E-state index is -2.38. The van der Waals surface area contributed by atoms with Gasteiger partial charge in [0.1, 0.15) is 72.3 Å². The molecule has 26 nitrogen and oxygen atoms in total. The largest absolute Gasteiger partial charge is 0.513 e. The molecule has 2 amide bonds. The van der Waals surface area contributed by atoms with E-state index in [0.717, 1.165) is 44.5 Å². The predicted octanol–water partition coefficient (Wildman–Crippen LogP) is 11.0. The Kier molecular flexibility index (Phi) is 24.5. The Bertz CT molecular complexity index is 4690. The van der Waals surface area contributed by atoms with E-state index in [0.29, 0.717) is 23.5 Å². The lowest BCUT2D eigenvalue weighted by molar-refractivity contribution is -0.118. The minimum absolute atomic E-state index is 0.0300. The number of aliphatic hydroxyl groups is 1. The number of amides is 2. The Morgan fingerprint density at radius 1 is 0.698 bits per heavy atom. The van der Waals surface area contributed by atoms with Gasteiger partial charge in [0, 0.05) is 62.2 Å². The van der Waals surface area contributed by atoms with E-state index in [1.54, 1.807) is 76.7 Å². The van der Waals surface area contributed by atoms with Gasteiger partial charge in [-0.3, -0.25) is 28.5 Å². The number of aryl methyl sites for hydroxylation is 2. The van der Waals surface area contributed by atoms with Crippen LogP contribution >= 0.6 is 8.60 Å². The first-order chi connectivity index (χ1) is 51.5. The van der Waals surface area contributed by atoms with Gasteiger partial charge in [0.25, 0.3) is 11.5 Å². The van der Waals surface area contributed by atoms with Crippen molar-refractivity contribution in [1.82, 2.24) is 24.0 Å². The Morgan fingerprint density at radius 3 is 1.96 bits per heavy atom. The van der Waals surface area contributed by atoms with Crippen LogP contribution in [-0.4, -0.2) is 138 Å². The van der Waals surface area contributed by atoms with E-state index in [1.807, 2.05) is 121 Å². The highest BCUT2D eigenvalue weighted by molar-refractivity contribution is 7.41. The number of ether oxygens (including phenoxy) is 8. The molecule has 548 valence electrons. The molecule has 0 radical (unpaired) electrons. The highest BCUT2D eigenvalue weighted by Gasteiger charge is 2.45. The fourth-order valence-corrected chi connectivity index (χ4v) is 14.1. The van der Waals surface area contributed by atoms with E-state index in [2.05, 4.69) is 27.4 Å². The number of likely N-dealkylation sites (N-methyl/N-ethyl adjacent to an activating group) is 1. The molecule has 1 aliphatic carbocycles. The van der Waals surface area contributed by atoms with Crippen LogP contribution in [0.1, 0.15) is 98.9 Å². The smallest absolute Gasteiger partial charge is 0.497 e. The summed E-state index contributed by atoms with van der Waals surface area (Å²) in [6, 6.07) is 57.3. The Hall–Kier alpha value is -11.0. The molecule has 3 aliphatic rings. The third kappa shape index (κ3) is 17.9. The van der Waals surface area contributed by atoms with Gasteiger partial charge >= 0.3 is 32.2 Å². The van der Waals surface area contributed by atoms with Crippen LogP contribution in [0.15, 0.2) is 209 Å². The van der Waals surface area contributed by atoms with Gasteiger partial charge in [0.05, 0.1) is 65.3 Å². The van der Waals surface area contributed by atoms with Gasteiger partial charge in [0.2, 0.25) is 0 Å². The van der Waals surface area contributed by atoms with Crippen LogP contribution < -0.4 is 36.5 Å². The molecule has 9 aromatic rings. The SMILES string of the molecule is COc1ccc(C(OC[C@H]2O[C@@H](n3cc(C)c(=O)[nH]c3=O)CC2OP(OCCC#N)OC[C@H]2O[C@@H](n3ccc(NC(=O)c4ccc(CCC(=O)Cc5ccc(OC(=O)OCCN(C)C(=O)OCC6c7ccccc7-c7ccccc76)cc5)cc4)nc3=O)CC2O)(c2ccccc2)c2ccc(OC)cc2)cc1. The van der Waals surface area contributed by atoms with Crippen LogP contribution in [0.3, 0.4) is 0 Å². The van der Waals surface area contributed by atoms with Crippen molar-refractivity contribution in [3.8, 4) is 34.4 Å². The third-order valence-electron chi connectivity index (χ3n) is 18.6. The second kappa shape index (κ2) is 34.7. The first-order valence-corrected chi connectivity index (χ1v) is 35.5. The summed E-state index contributed by atoms with van der Waals surface area (Å²) in [6.45, 7) is 1.08. The quantitative estimate of drug-likeness (QED) is 0.0119. The van der Waals surface area contributed by atoms with Gasteiger partial charge < -0.3 is 66.8 Å². The molecule has 2 aromatic heterocycles. The normalized spacial score (nSPS) is 17.7. The molecule has 0 saturated carbocycles. The lowest BCUT2D eigenvalue weighted by Gasteiger charge is -2.37. The molecule has 7 aromatic carbocycles. The van der Waals surface area contributed by atoms with E-state index in [9.17, 15) is 43.9 Å². The van der Waals surface area contributed by atoms with Crippen molar-refractivity contribution in [3.05, 3.63) is 276 Å². The number of fused-ring (bicyclic) bond motifs is 3. The first-order valence-electron chi connectivity index (χ1n) is 34.4. The molecular formula is C79H78N7O19P. The Balaban J connectivity index is 0.612. The standard InChI is InChI=1S/C79H78N7O19P/c1-50-46-86(76(92)83-73(50)89)72-45-67(69(104-72)48-99-79(54-13-6-5-7-14-54,55-26-33-58(95-3)34-27-55)56-28-35-59(96-4)36-29-56)105-106(100-41-12-38-80)101-49-68-66(88)44-71(103-68)85-39-37-70(82-75(85)91)81-74(90)53-24-19-51(20-25-53)21-30-57(87)43-52-22-31-60(32-23-52)102-78(94)97-42-40-84(2)77(93)98-47-65-63-17-10-8-15-61(63)62-16-9-11-18-64(62)65/h5-11,13-20,22-29,31-37,39,46,65-69,71-72,88H,12,21,30,40-45,47-49H2,1-4H3,(H,83,89,92)(H,81,82,90,91)/t66?,67?,68-,69-,71-,72-,106?/m1/s1. The van der Waals surface area contributed by atoms with Crippen molar-refractivity contribution >= 4 is 38.4 Å². The zero-order valence-corrected chi connectivity index (χ0v) is 59.4. The zero-order valence-electron chi connectivity index (χ0n) is 58.5. The van der Waals surface area contributed by atoms with Gasteiger partial charge in [0.15, 0.2) is 0 Å². The average Bonchev–Trinajstić information content (AvgIpc) is 0.971. The summed E-state index contributed by atoms with van der Waals surface area (Å²) >= 11 is 0. The highest BCUT2D eigenvalue weighted by Crippen LogP contribution is 2.49. The summed E-state index contributed by atoms with van der Waals surface area (Å²) < 4.78 is 68.9. The van der Waals surface area contributed by atoms with Crippen LogP contribution in [0, 0.1) is 18.3 Å². The number of rotatable bonds is 31. The Morgan fingerprint density at radius 2 is 1.31 bits per heavy atom. The summed E-state index contributed by atoms with van der Waals surface area (Å²) in [7, 11) is 2.33. The molecule has 2 fully saturated rings. The van der Waals surface area contributed by atoms with Crippen LogP contribution in [0.25, 0.3) is 11.1 Å². The second-order valence-corrected chi connectivity index (χ2v) is 26.6. The molecule has 0 bridgehead atoms. The van der Waals surface area contributed by atoms with Gasteiger partial charge in [-0.25, -0.2) is 19.2 Å². The molecule has 2 aliphatic heterocycles. The average molecular weight is 1460 g/mol. The summed E-state index contributed by atoms with van der Waals surface area (Å²) in [6.07, 6.45) is -4.10. The lowest BCUT2D eigenvalue weighted by atomic mass is 9.80. The third-order valence-corrected chi connectivity index (χ3v) is 19.8. The van der Waals surface area contributed by atoms with Gasteiger partial charge in [-0.2, -0.15) is 10.2 Å². The molecule has 0 spiro atoms. The zero-order chi connectivity index (χ0) is 74.3. The summed E-state index contributed by atoms with van der Waals surface area (Å²) in [5.41, 5.74) is 5.36. The number of nitriles is 1. The molecule has 4 heterocycles. The van der Waals surface area contributed by atoms with E-state index in [4.69, 9.17) is 51.5 Å². The van der Waals surface area contributed by atoms with E-state index in [-0.39, 0.29) is 106 Å². The highest BCUT2D eigenvalue weighted by atomic mass is 31.2. The summed E-state index contributed by atoms with van der Waals surface area (Å²) in [5, 5.41) is 23.6. The number of Topliss-reactive ketones (excluding diaryl/α,β-unsaturated/α-hetero) is 1. The Labute approximate surface area is 610 Å². The molecule has 27 heteroatoms.